The van der Waals surface area contributed by atoms with Crippen LogP contribution in [0.15, 0.2) is 30.5 Å². The molecular weight excluding hydrogens is 541 g/mol. The van der Waals surface area contributed by atoms with Gasteiger partial charge in [0.15, 0.2) is 0 Å². The van der Waals surface area contributed by atoms with E-state index in [1.54, 1.807) is 10.9 Å². The minimum Gasteiger partial charge on any atom is -0.391 e. The molecule has 10 nitrogen and oxygen atoms in total. The SMILES string of the molecule is CC(C)(C)[C@@H](C(=O)N1CC(O)CC1C(=O)NC1CC(=O)N(Cc2ccccc2C(F)(F)F)C1)n1cc(C2CC2)nn1. The summed E-state index contributed by atoms with van der Waals surface area (Å²) in [6.07, 6.45) is -1.66. The molecule has 3 aliphatic rings. The maximum Gasteiger partial charge on any atom is 0.416 e. The summed E-state index contributed by atoms with van der Waals surface area (Å²) >= 11 is 0. The predicted octanol–water partition coefficient (Wildman–Crippen LogP) is 2.64. The zero-order valence-corrected chi connectivity index (χ0v) is 23.3. The number of hydrogen-bond acceptors (Lipinski definition) is 6. The monoisotopic (exact) mass is 576 g/mol. The lowest BCUT2D eigenvalue weighted by molar-refractivity contribution is -0.144. The molecule has 4 atom stereocenters. The molecule has 41 heavy (non-hydrogen) atoms. The number of alkyl halides is 3. The van der Waals surface area contributed by atoms with E-state index in [0.717, 1.165) is 24.6 Å². The number of β-amino-alcohol motifs (C(OH)–C–C–N with tert-alkyl or cyclic N) is 1. The van der Waals surface area contributed by atoms with Crippen molar-refractivity contribution in [2.24, 2.45) is 5.41 Å². The molecule has 2 aliphatic heterocycles. The standard InChI is InChI=1S/C28H35F3N6O4/c1-27(2,3)24(37-15-21(33-34-37)16-8-9-16)26(41)36-14-19(38)11-22(36)25(40)32-18-10-23(39)35(13-18)12-17-6-4-5-7-20(17)28(29,30)31/h4-7,15-16,18-19,22,24,38H,8-14H2,1-3H3,(H,32,40)/t18?,19?,22?,24-/m1/s1. The van der Waals surface area contributed by atoms with Crippen molar-refractivity contribution in [2.45, 2.75) is 89.3 Å². The van der Waals surface area contributed by atoms with Crippen LogP contribution in [0.2, 0.25) is 0 Å². The summed E-state index contributed by atoms with van der Waals surface area (Å²) in [7, 11) is 0. The molecule has 3 heterocycles. The van der Waals surface area contributed by atoms with Gasteiger partial charge in [-0.25, -0.2) is 4.68 Å². The number of likely N-dealkylation sites (tertiary alicyclic amines) is 2. The third kappa shape index (κ3) is 6.24. The molecule has 1 aliphatic carbocycles. The molecule has 0 spiro atoms. The van der Waals surface area contributed by atoms with Crippen LogP contribution >= 0.6 is 0 Å². The Kier molecular flexibility index (Phi) is 7.60. The molecule has 13 heteroatoms. The van der Waals surface area contributed by atoms with E-state index >= 15 is 0 Å². The number of halogens is 3. The van der Waals surface area contributed by atoms with Crippen LogP contribution in [0.5, 0.6) is 0 Å². The van der Waals surface area contributed by atoms with Gasteiger partial charge in [-0.2, -0.15) is 13.2 Å². The summed E-state index contributed by atoms with van der Waals surface area (Å²) in [6, 6.07) is 2.71. The summed E-state index contributed by atoms with van der Waals surface area (Å²) in [4.78, 5) is 42.6. The van der Waals surface area contributed by atoms with E-state index in [-0.39, 0.29) is 49.9 Å². The summed E-state index contributed by atoms with van der Waals surface area (Å²) in [6.45, 7) is 5.45. The normalized spacial score (nSPS) is 24.2. The van der Waals surface area contributed by atoms with Crippen molar-refractivity contribution in [1.29, 1.82) is 0 Å². The van der Waals surface area contributed by atoms with Gasteiger partial charge in [0.2, 0.25) is 17.7 Å². The van der Waals surface area contributed by atoms with Gasteiger partial charge in [-0.15, -0.1) is 5.10 Å². The van der Waals surface area contributed by atoms with E-state index < -0.39 is 47.3 Å². The zero-order valence-electron chi connectivity index (χ0n) is 23.3. The Morgan fingerprint density at radius 3 is 2.51 bits per heavy atom. The number of benzene rings is 1. The van der Waals surface area contributed by atoms with Crippen LogP contribution in [0.3, 0.4) is 0 Å². The lowest BCUT2D eigenvalue weighted by Crippen LogP contribution is -2.52. The van der Waals surface area contributed by atoms with Gasteiger partial charge < -0.3 is 20.2 Å². The van der Waals surface area contributed by atoms with Crippen molar-refractivity contribution in [3.05, 3.63) is 47.3 Å². The second-order valence-electron chi connectivity index (χ2n) is 12.4. The molecule has 1 aromatic carbocycles. The van der Waals surface area contributed by atoms with Gasteiger partial charge in [0.05, 0.1) is 23.4 Å². The average molecular weight is 577 g/mol. The number of rotatable bonds is 7. The van der Waals surface area contributed by atoms with E-state index in [9.17, 15) is 32.7 Å². The van der Waals surface area contributed by atoms with Crippen molar-refractivity contribution in [3.8, 4) is 0 Å². The third-order valence-electron chi connectivity index (χ3n) is 7.95. The molecule has 1 aromatic heterocycles. The molecule has 5 rings (SSSR count). The van der Waals surface area contributed by atoms with Crippen LogP contribution in [-0.4, -0.2) is 78.9 Å². The van der Waals surface area contributed by atoms with E-state index in [1.165, 1.54) is 28.0 Å². The van der Waals surface area contributed by atoms with Crippen LogP contribution < -0.4 is 5.32 Å². The summed E-state index contributed by atoms with van der Waals surface area (Å²) in [5, 5.41) is 21.7. The van der Waals surface area contributed by atoms with Crippen molar-refractivity contribution in [2.75, 3.05) is 13.1 Å². The highest BCUT2D eigenvalue weighted by atomic mass is 19.4. The Labute approximate surface area is 235 Å². The maximum atomic E-state index is 13.9. The fourth-order valence-electron chi connectivity index (χ4n) is 5.79. The van der Waals surface area contributed by atoms with Crippen LogP contribution in [0, 0.1) is 5.41 Å². The highest BCUT2D eigenvalue weighted by molar-refractivity contribution is 5.91. The Balaban J connectivity index is 1.27. The topological polar surface area (TPSA) is 121 Å². The van der Waals surface area contributed by atoms with Gasteiger partial charge in [0.25, 0.3) is 0 Å². The molecule has 3 amide bonds. The molecule has 2 saturated heterocycles. The number of nitrogens with one attached hydrogen (secondary N) is 1. The molecule has 0 radical (unpaired) electrons. The Morgan fingerprint density at radius 2 is 1.85 bits per heavy atom. The number of nitrogens with zero attached hydrogens (tertiary/aromatic N) is 5. The van der Waals surface area contributed by atoms with E-state index in [1.807, 2.05) is 20.8 Å². The Bertz CT molecular complexity index is 1320. The van der Waals surface area contributed by atoms with Gasteiger partial charge in [-0.1, -0.05) is 44.2 Å². The smallest absolute Gasteiger partial charge is 0.391 e. The molecule has 1 saturated carbocycles. The van der Waals surface area contributed by atoms with Gasteiger partial charge in [0, 0.05) is 44.6 Å². The van der Waals surface area contributed by atoms with Crippen LogP contribution in [-0.2, 0) is 27.1 Å². The quantitative estimate of drug-likeness (QED) is 0.523. The fraction of sp³-hybridized carbons (Fsp3) is 0.607. The third-order valence-corrected chi connectivity index (χ3v) is 7.95. The molecule has 3 unspecified atom stereocenters. The molecule has 3 fully saturated rings. The average Bonchev–Trinajstić information content (AvgIpc) is 3.32. The van der Waals surface area contributed by atoms with E-state index in [0.29, 0.717) is 5.92 Å². The van der Waals surface area contributed by atoms with E-state index in [4.69, 9.17) is 0 Å². The molecular formula is C28H35F3N6O4. The van der Waals surface area contributed by atoms with Crippen LogP contribution in [0.25, 0.3) is 0 Å². The number of carbonyl (C=O) groups excluding carboxylic acids is 3. The van der Waals surface area contributed by atoms with Crippen molar-refractivity contribution in [3.63, 3.8) is 0 Å². The largest absolute Gasteiger partial charge is 0.416 e. The molecule has 2 aromatic rings. The number of aromatic nitrogens is 3. The number of aliphatic hydroxyl groups excluding tert-OH is 1. The number of aliphatic hydroxyl groups is 1. The fourth-order valence-corrected chi connectivity index (χ4v) is 5.79. The maximum absolute atomic E-state index is 13.9. The first-order valence-electron chi connectivity index (χ1n) is 13.9. The minimum atomic E-state index is -4.55. The molecule has 0 bridgehead atoms. The minimum absolute atomic E-state index is 0.0258. The second-order valence-corrected chi connectivity index (χ2v) is 12.4. The predicted molar refractivity (Wildman–Crippen MR) is 140 cm³/mol. The zero-order chi connectivity index (χ0) is 29.7. The van der Waals surface area contributed by atoms with Gasteiger partial charge in [-0.3, -0.25) is 14.4 Å². The molecule has 2 N–H and O–H groups in total. The van der Waals surface area contributed by atoms with Gasteiger partial charge in [-0.05, 0) is 29.9 Å². The van der Waals surface area contributed by atoms with E-state index in [2.05, 4.69) is 15.6 Å². The first kappa shape index (κ1) is 29.0. The van der Waals surface area contributed by atoms with Crippen LogP contribution in [0.1, 0.15) is 75.2 Å². The highest BCUT2D eigenvalue weighted by Crippen LogP contribution is 2.40. The first-order valence-corrected chi connectivity index (χ1v) is 13.9. The van der Waals surface area contributed by atoms with Crippen molar-refractivity contribution in [1.82, 2.24) is 30.1 Å². The lowest BCUT2D eigenvalue weighted by Gasteiger charge is -2.34. The lowest BCUT2D eigenvalue weighted by atomic mass is 9.85. The number of carbonyl (C=O) groups is 3. The van der Waals surface area contributed by atoms with Gasteiger partial charge in [0.1, 0.15) is 12.1 Å². The second kappa shape index (κ2) is 10.7. The molecule has 222 valence electrons. The Hall–Kier alpha value is -3.48. The van der Waals surface area contributed by atoms with Gasteiger partial charge >= 0.3 is 6.18 Å². The summed E-state index contributed by atoms with van der Waals surface area (Å²) in [5.41, 5.74) is -0.580. The summed E-state index contributed by atoms with van der Waals surface area (Å²) in [5.74, 6) is -0.913. The first-order chi connectivity index (χ1) is 19.2. The summed E-state index contributed by atoms with van der Waals surface area (Å²) < 4.78 is 41.8. The highest BCUT2D eigenvalue weighted by Gasteiger charge is 2.46. The van der Waals surface area contributed by atoms with Crippen molar-refractivity contribution < 1.29 is 32.7 Å². The Morgan fingerprint density at radius 1 is 1.15 bits per heavy atom. The number of hydrogen-bond donors (Lipinski definition) is 2. The number of amides is 3. The van der Waals surface area contributed by atoms with Crippen LogP contribution in [0.4, 0.5) is 13.2 Å². The van der Waals surface area contributed by atoms with Crippen molar-refractivity contribution >= 4 is 17.7 Å².